The number of aliphatic hydroxyl groups is 2. The van der Waals surface area contributed by atoms with Crippen LogP contribution in [-0.4, -0.2) is 59.4 Å². The highest BCUT2D eigenvalue weighted by Gasteiger charge is 2.31. The van der Waals surface area contributed by atoms with Crippen LogP contribution in [0.3, 0.4) is 0 Å². The second-order valence-electron chi connectivity index (χ2n) is 6.49. The Balaban J connectivity index is 1.64. The van der Waals surface area contributed by atoms with E-state index in [0.29, 0.717) is 13.0 Å². The molecule has 116 valence electrons. The molecular weight excluding hydrogens is 256 g/mol. The van der Waals surface area contributed by atoms with Gasteiger partial charge < -0.3 is 20.4 Å². The zero-order valence-corrected chi connectivity index (χ0v) is 12.4. The van der Waals surface area contributed by atoms with Crippen molar-refractivity contribution in [1.82, 2.24) is 10.2 Å². The number of nitrogens with one attached hydrogen (secondary N) is 1. The molecule has 2 rings (SSSR count). The summed E-state index contributed by atoms with van der Waals surface area (Å²) in [5.74, 6) is 0.395. The molecule has 5 heteroatoms. The van der Waals surface area contributed by atoms with E-state index in [1.807, 2.05) is 0 Å². The number of piperidine rings is 1. The molecule has 1 amide bonds. The maximum Gasteiger partial charge on any atom is 0.225 e. The summed E-state index contributed by atoms with van der Waals surface area (Å²) in [6, 6.07) is 0. The van der Waals surface area contributed by atoms with Gasteiger partial charge in [-0.05, 0) is 51.1 Å². The summed E-state index contributed by atoms with van der Waals surface area (Å²) in [7, 11) is 0. The van der Waals surface area contributed by atoms with Crippen molar-refractivity contribution in [2.45, 2.75) is 51.2 Å². The van der Waals surface area contributed by atoms with Crippen molar-refractivity contribution in [2.24, 2.45) is 11.8 Å². The van der Waals surface area contributed by atoms with Crippen LogP contribution in [0.4, 0.5) is 0 Å². The minimum absolute atomic E-state index is 0.110. The molecule has 1 aliphatic carbocycles. The SMILES string of the molecule is CC1CCN(CC(O)CNC(=O)C2CCCC2O)CC1. The van der Waals surface area contributed by atoms with Gasteiger partial charge in [-0.3, -0.25) is 4.79 Å². The van der Waals surface area contributed by atoms with Crippen molar-refractivity contribution >= 4 is 5.91 Å². The molecule has 3 atom stereocenters. The molecule has 3 unspecified atom stereocenters. The highest BCUT2D eigenvalue weighted by atomic mass is 16.3. The lowest BCUT2D eigenvalue weighted by Crippen LogP contribution is -2.44. The smallest absolute Gasteiger partial charge is 0.225 e. The lowest BCUT2D eigenvalue weighted by molar-refractivity contribution is -0.128. The first-order valence-electron chi connectivity index (χ1n) is 7.92. The molecule has 2 aliphatic rings. The monoisotopic (exact) mass is 284 g/mol. The van der Waals surface area contributed by atoms with Crippen LogP contribution in [-0.2, 0) is 4.79 Å². The Hall–Kier alpha value is -0.650. The number of hydrogen-bond acceptors (Lipinski definition) is 4. The summed E-state index contributed by atoms with van der Waals surface area (Å²) >= 11 is 0. The first-order chi connectivity index (χ1) is 9.56. The van der Waals surface area contributed by atoms with Gasteiger partial charge in [0.05, 0.1) is 18.1 Å². The number of amides is 1. The van der Waals surface area contributed by atoms with Crippen LogP contribution < -0.4 is 5.32 Å². The van der Waals surface area contributed by atoms with E-state index in [9.17, 15) is 15.0 Å². The van der Waals surface area contributed by atoms with E-state index in [1.165, 1.54) is 12.8 Å². The van der Waals surface area contributed by atoms with Gasteiger partial charge >= 0.3 is 0 Å². The minimum atomic E-state index is -0.522. The molecule has 5 nitrogen and oxygen atoms in total. The van der Waals surface area contributed by atoms with Crippen LogP contribution in [0.25, 0.3) is 0 Å². The van der Waals surface area contributed by atoms with Gasteiger partial charge in [0.2, 0.25) is 5.91 Å². The number of hydrogen-bond donors (Lipinski definition) is 3. The van der Waals surface area contributed by atoms with Crippen LogP contribution >= 0.6 is 0 Å². The highest BCUT2D eigenvalue weighted by Crippen LogP contribution is 2.25. The number of rotatable bonds is 5. The quantitative estimate of drug-likeness (QED) is 0.681. The van der Waals surface area contributed by atoms with E-state index >= 15 is 0 Å². The van der Waals surface area contributed by atoms with Gasteiger partial charge in [-0.2, -0.15) is 0 Å². The van der Waals surface area contributed by atoms with Crippen molar-refractivity contribution in [3.8, 4) is 0 Å². The van der Waals surface area contributed by atoms with Gasteiger partial charge in [-0.25, -0.2) is 0 Å². The van der Waals surface area contributed by atoms with Crippen molar-refractivity contribution in [1.29, 1.82) is 0 Å². The largest absolute Gasteiger partial charge is 0.392 e. The number of carbonyl (C=O) groups excluding carboxylic acids is 1. The fourth-order valence-corrected chi connectivity index (χ4v) is 3.20. The third-order valence-corrected chi connectivity index (χ3v) is 4.67. The molecule has 0 radical (unpaired) electrons. The Kier molecular flexibility index (Phi) is 5.81. The molecule has 0 spiro atoms. The molecular formula is C15H28N2O3. The van der Waals surface area contributed by atoms with Gasteiger partial charge in [0, 0.05) is 13.1 Å². The zero-order chi connectivity index (χ0) is 14.5. The normalized spacial score (nSPS) is 30.4. The fourth-order valence-electron chi connectivity index (χ4n) is 3.20. The standard InChI is InChI=1S/C15H28N2O3/c1-11-5-7-17(8-6-11)10-12(18)9-16-15(20)13-3-2-4-14(13)19/h11-14,18-19H,2-10H2,1H3,(H,16,20). The Morgan fingerprint density at radius 2 is 2.00 bits per heavy atom. The van der Waals surface area contributed by atoms with Crippen molar-refractivity contribution in [3.05, 3.63) is 0 Å². The van der Waals surface area contributed by atoms with E-state index in [4.69, 9.17) is 0 Å². The fraction of sp³-hybridized carbons (Fsp3) is 0.933. The van der Waals surface area contributed by atoms with Crippen molar-refractivity contribution in [3.63, 3.8) is 0 Å². The maximum atomic E-state index is 11.9. The summed E-state index contributed by atoms with van der Waals surface area (Å²) < 4.78 is 0. The molecule has 2 fully saturated rings. The van der Waals surface area contributed by atoms with Crippen LogP contribution in [0.1, 0.15) is 39.0 Å². The average Bonchev–Trinajstić information content (AvgIpc) is 2.85. The Morgan fingerprint density at radius 3 is 2.60 bits per heavy atom. The van der Waals surface area contributed by atoms with Gasteiger partial charge in [0.1, 0.15) is 0 Å². The molecule has 1 aliphatic heterocycles. The topological polar surface area (TPSA) is 72.8 Å². The van der Waals surface area contributed by atoms with Crippen molar-refractivity contribution in [2.75, 3.05) is 26.2 Å². The molecule has 0 aromatic heterocycles. The Morgan fingerprint density at radius 1 is 1.30 bits per heavy atom. The number of carbonyl (C=O) groups is 1. The summed E-state index contributed by atoms with van der Waals surface area (Å²) in [6.45, 7) is 5.25. The number of β-amino-alcohol motifs (C(OH)–C–C–N with tert-alkyl or cyclic N) is 1. The summed E-state index contributed by atoms with van der Waals surface area (Å²) in [4.78, 5) is 14.2. The zero-order valence-electron chi connectivity index (χ0n) is 12.4. The number of nitrogens with zero attached hydrogens (tertiary/aromatic N) is 1. The number of aliphatic hydroxyl groups excluding tert-OH is 2. The van der Waals surface area contributed by atoms with Crippen LogP contribution in [0.15, 0.2) is 0 Å². The highest BCUT2D eigenvalue weighted by molar-refractivity contribution is 5.79. The lowest BCUT2D eigenvalue weighted by atomic mass is 9.99. The summed E-state index contributed by atoms with van der Waals surface area (Å²) in [5.41, 5.74) is 0. The van der Waals surface area contributed by atoms with Gasteiger partial charge in [0.25, 0.3) is 0 Å². The van der Waals surface area contributed by atoms with Crippen LogP contribution in [0.2, 0.25) is 0 Å². The predicted molar refractivity (Wildman–Crippen MR) is 77.2 cm³/mol. The molecule has 1 saturated heterocycles. The molecule has 3 N–H and O–H groups in total. The van der Waals surface area contributed by atoms with Crippen LogP contribution in [0, 0.1) is 11.8 Å². The summed E-state index contributed by atoms with van der Waals surface area (Å²) in [5, 5.41) is 22.5. The second kappa shape index (κ2) is 7.38. The van der Waals surface area contributed by atoms with Crippen LogP contribution in [0.5, 0.6) is 0 Å². The van der Waals surface area contributed by atoms with Gasteiger partial charge in [0.15, 0.2) is 0 Å². The number of likely N-dealkylation sites (tertiary alicyclic amines) is 1. The van der Waals surface area contributed by atoms with E-state index in [0.717, 1.165) is 31.8 Å². The van der Waals surface area contributed by atoms with E-state index in [-0.39, 0.29) is 18.4 Å². The maximum absolute atomic E-state index is 11.9. The first-order valence-corrected chi connectivity index (χ1v) is 7.92. The minimum Gasteiger partial charge on any atom is -0.392 e. The Labute approximate surface area is 121 Å². The second-order valence-corrected chi connectivity index (χ2v) is 6.49. The van der Waals surface area contributed by atoms with Gasteiger partial charge in [-0.1, -0.05) is 6.92 Å². The van der Waals surface area contributed by atoms with Crippen molar-refractivity contribution < 1.29 is 15.0 Å². The molecule has 1 heterocycles. The van der Waals surface area contributed by atoms with Gasteiger partial charge in [-0.15, -0.1) is 0 Å². The summed E-state index contributed by atoms with van der Waals surface area (Å²) in [6.07, 6.45) is 3.73. The average molecular weight is 284 g/mol. The Bertz CT molecular complexity index is 316. The van der Waals surface area contributed by atoms with E-state index < -0.39 is 12.2 Å². The predicted octanol–water partition coefficient (Wildman–Crippen LogP) is 0.356. The third kappa shape index (κ3) is 4.43. The first kappa shape index (κ1) is 15.7. The van der Waals surface area contributed by atoms with E-state index in [2.05, 4.69) is 17.1 Å². The molecule has 0 bridgehead atoms. The van der Waals surface area contributed by atoms with E-state index in [1.54, 1.807) is 0 Å². The molecule has 1 saturated carbocycles. The third-order valence-electron chi connectivity index (χ3n) is 4.67. The molecule has 20 heavy (non-hydrogen) atoms. The lowest BCUT2D eigenvalue weighted by Gasteiger charge is -2.31. The molecule has 0 aromatic rings. The molecule has 0 aromatic carbocycles.